The molecule has 106 valence electrons. The first kappa shape index (κ1) is 23.4. The molecule has 0 aromatic heterocycles. The van der Waals surface area contributed by atoms with Crippen molar-refractivity contribution in [2.75, 3.05) is 13.2 Å². The van der Waals surface area contributed by atoms with E-state index in [2.05, 4.69) is 0 Å². The van der Waals surface area contributed by atoms with Gasteiger partial charge >= 0.3 is 21.7 Å². The van der Waals surface area contributed by atoms with Crippen LogP contribution in [0.1, 0.15) is 26.7 Å². The number of aliphatic hydroxyl groups excluding tert-OH is 2. The molecule has 0 unspecified atom stereocenters. The fourth-order valence-electron chi connectivity index (χ4n) is 0.642. The molecule has 2 rings (SSSR count). The molecule has 0 amide bonds. The van der Waals surface area contributed by atoms with E-state index in [1.54, 1.807) is 0 Å². The molecule has 2 nitrogen and oxygen atoms in total. The third kappa shape index (κ3) is 31.7. The standard InChI is InChI=1S/2C5H5.2C3H8O.Ti/c2*1-2-4-5-3-1;2*1-2-3-4;/h2*1-5H;2*4H,2-3H2,1H3;/q2*-1;;;+2. The number of rotatable bonds is 2. The first-order valence-corrected chi connectivity index (χ1v) is 6.38. The molecule has 0 aliphatic rings. The second-order valence-corrected chi connectivity index (χ2v) is 3.37. The average molecular weight is 298 g/mol. The summed E-state index contributed by atoms with van der Waals surface area (Å²) in [4.78, 5) is 0. The van der Waals surface area contributed by atoms with Gasteiger partial charge in [0.25, 0.3) is 0 Å². The van der Waals surface area contributed by atoms with Gasteiger partial charge in [0, 0.05) is 13.2 Å². The van der Waals surface area contributed by atoms with Crippen LogP contribution in [0.2, 0.25) is 0 Å². The minimum Gasteiger partial charge on any atom is -0.396 e. The summed E-state index contributed by atoms with van der Waals surface area (Å²) in [7, 11) is 0. The van der Waals surface area contributed by atoms with Gasteiger partial charge in [-0.25, -0.2) is 24.3 Å². The summed E-state index contributed by atoms with van der Waals surface area (Å²) in [5.41, 5.74) is 0. The minimum atomic E-state index is 0. The summed E-state index contributed by atoms with van der Waals surface area (Å²) in [5, 5.41) is 15.8. The number of aliphatic hydroxyl groups is 2. The van der Waals surface area contributed by atoms with Gasteiger partial charge in [0.2, 0.25) is 0 Å². The third-order valence-electron chi connectivity index (χ3n) is 1.56. The van der Waals surface area contributed by atoms with Gasteiger partial charge in [-0.2, -0.15) is 36.4 Å². The molecule has 2 N–H and O–H groups in total. The second-order valence-electron chi connectivity index (χ2n) is 3.37. The Morgan fingerprint density at radius 1 is 0.684 bits per heavy atom. The molecule has 0 heterocycles. The van der Waals surface area contributed by atoms with Crippen molar-refractivity contribution >= 4 is 0 Å². The van der Waals surface area contributed by atoms with Gasteiger partial charge in [0.1, 0.15) is 0 Å². The van der Waals surface area contributed by atoms with Crippen molar-refractivity contribution in [3.8, 4) is 0 Å². The van der Waals surface area contributed by atoms with Crippen LogP contribution < -0.4 is 0 Å². The molecular weight excluding hydrogens is 272 g/mol. The van der Waals surface area contributed by atoms with Crippen LogP contribution in [0.4, 0.5) is 0 Å². The molecule has 0 fully saturated rings. The number of hydrogen-bond donors (Lipinski definition) is 2. The topological polar surface area (TPSA) is 40.5 Å². The van der Waals surface area contributed by atoms with E-state index in [0.29, 0.717) is 13.2 Å². The molecule has 0 saturated heterocycles. The van der Waals surface area contributed by atoms with Crippen LogP contribution in [0, 0.1) is 0 Å². The second kappa shape index (κ2) is 26.0. The van der Waals surface area contributed by atoms with Gasteiger partial charge in [0.05, 0.1) is 0 Å². The quantitative estimate of drug-likeness (QED) is 0.657. The Morgan fingerprint density at radius 3 is 0.947 bits per heavy atom. The Labute approximate surface area is 132 Å². The Hall–Kier alpha value is -0.666. The van der Waals surface area contributed by atoms with Gasteiger partial charge in [-0.15, -0.1) is 0 Å². The van der Waals surface area contributed by atoms with Crippen molar-refractivity contribution in [1.29, 1.82) is 0 Å². The van der Waals surface area contributed by atoms with Crippen LogP contribution in [0.5, 0.6) is 0 Å². The third-order valence-corrected chi connectivity index (χ3v) is 1.56. The molecule has 0 bridgehead atoms. The fraction of sp³-hybridized carbons (Fsp3) is 0.375. The van der Waals surface area contributed by atoms with Crippen molar-refractivity contribution in [1.82, 2.24) is 0 Å². The molecule has 3 heteroatoms. The Balaban J connectivity index is -0.000000178. The fourth-order valence-corrected chi connectivity index (χ4v) is 0.642. The van der Waals surface area contributed by atoms with Crippen molar-refractivity contribution < 1.29 is 31.9 Å². The Bertz CT molecular complexity index is 196. The predicted molar refractivity (Wildman–Crippen MR) is 78.8 cm³/mol. The van der Waals surface area contributed by atoms with Gasteiger partial charge < -0.3 is 10.2 Å². The van der Waals surface area contributed by atoms with Crippen LogP contribution in [0.15, 0.2) is 60.7 Å². The molecule has 0 spiro atoms. The summed E-state index contributed by atoms with van der Waals surface area (Å²) in [6.07, 6.45) is 1.75. The molecule has 2 aromatic carbocycles. The van der Waals surface area contributed by atoms with Crippen molar-refractivity contribution in [3.05, 3.63) is 60.7 Å². The summed E-state index contributed by atoms with van der Waals surface area (Å²) >= 11 is 0. The van der Waals surface area contributed by atoms with E-state index >= 15 is 0 Å². The molecule has 0 aliphatic carbocycles. The van der Waals surface area contributed by atoms with Crippen molar-refractivity contribution in [2.24, 2.45) is 0 Å². The monoisotopic (exact) mass is 298 g/mol. The first-order chi connectivity index (χ1) is 8.83. The van der Waals surface area contributed by atoms with Crippen molar-refractivity contribution in [2.45, 2.75) is 26.7 Å². The van der Waals surface area contributed by atoms with Crippen molar-refractivity contribution in [3.63, 3.8) is 0 Å². The maximum atomic E-state index is 7.88. The average Bonchev–Trinajstić information content (AvgIpc) is 3.14. The van der Waals surface area contributed by atoms with Crippen LogP contribution in [0.25, 0.3) is 0 Å². The predicted octanol–water partition coefficient (Wildman–Crippen LogP) is 3.59. The Morgan fingerprint density at radius 2 is 0.895 bits per heavy atom. The molecule has 19 heavy (non-hydrogen) atoms. The minimum absolute atomic E-state index is 0. The molecule has 0 radical (unpaired) electrons. The molecular formula is C16H26O2Ti. The smallest absolute Gasteiger partial charge is 0.396 e. The SMILES string of the molecule is CCCO.CCCO.[Ti+2].c1cc[cH-]c1.c1cc[cH-]c1. The summed E-state index contributed by atoms with van der Waals surface area (Å²) < 4.78 is 0. The van der Waals surface area contributed by atoms with Crippen LogP contribution in [-0.4, -0.2) is 23.4 Å². The zero-order chi connectivity index (χ0) is 13.9. The molecule has 2 aromatic rings. The normalized spacial score (nSPS) is 7.37. The molecule has 0 saturated carbocycles. The molecule has 0 atom stereocenters. The summed E-state index contributed by atoms with van der Waals surface area (Å²) in [6, 6.07) is 20.0. The number of hydrogen-bond acceptors (Lipinski definition) is 2. The summed E-state index contributed by atoms with van der Waals surface area (Å²) in [5.74, 6) is 0. The van der Waals surface area contributed by atoms with E-state index in [0.717, 1.165) is 12.8 Å². The maximum Gasteiger partial charge on any atom is 2.00 e. The zero-order valence-electron chi connectivity index (χ0n) is 12.0. The van der Waals surface area contributed by atoms with E-state index in [1.165, 1.54) is 0 Å². The van der Waals surface area contributed by atoms with E-state index in [1.807, 2.05) is 74.5 Å². The first-order valence-electron chi connectivity index (χ1n) is 6.38. The van der Waals surface area contributed by atoms with Gasteiger partial charge in [0.15, 0.2) is 0 Å². The largest absolute Gasteiger partial charge is 2.00 e. The maximum absolute atomic E-state index is 7.88. The van der Waals surface area contributed by atoms with E-state index in [9.17, 15) is 0 Å². The van der Waals surface area contributed by atoms with Crippen LogP contribution >= 0.6 is 0 Å². The van der Waals surface area contributed by atoms with Gasteiger partial charge in [-0.1, -0.05) is 13.8 Å². The Kier molecular flexibility index (Phi) is 32.1. The van der Waals surface area contributed by atoms with Gasteiger partial charge in [-0.3, -0.25) is 0 Å². The van der Waals surface area contributed by atoms with E-state index in [-0.39, 0.29) is 21.7 Å². The van der Waals surface area contributed by atoms with E-state index in [4.69, 9.17) is 10.2 Å². The molecule has 0 aliphatic heterocycles. The van der Waals surface area contributed by atoms with Crippen LogP contribution in [-0.2, 0) is 21.7 Å². The van der Waals surface area contributed by atoms with Gasteiger partial charge in [-0.05, 0) is 12.8 Å². The summed E-state index contributed by atoms with van der Waals surface area (Å²) in [6.45, 7) is 4.50. The van der Waals surface area contributed by atoms with Crippen LogP contribution in [0.3, 0.4) is 0 Å². The zero-order valence-corrected chi connectivity index (χ0v) is 13.6. The van der Waals surface area contributed by atoms with E-state index < -0.39 is 0 Å².